The van der Waals surface area contributed by atoms with E-state index in [2.05, 4.69) is 5.32 Å². The number of amides is 1. The fourth-order valence-corrected chi connectivity index (χ4v) is 2.19. The molecule has 0 heterocycles. The van der Waals surface area contributed by atoms with E-state index < -0.39 is 5.97 Å². The second kappa shape index (κ2) is 8.18. The molecule has 0 fully saturated rings. The summed E-state index contributed by atoms with van der Waals surface area (Å²) in [5, 5.41) is 3.60. The fraction of sp³-hybridized carbons (Fsp3) is 0.222. The summed E-state index contributed by atoms with van der Waals surface area (Å²) in [4.78, 5) is 23.9. The molecule has 0 saturated heterocycles. The molecule has 0 aromatic heterocycles. The van der Waals surface area contributed by atoms with Gasteiger partial charge >= 0.3 is 5.97 Å². The van der Waals surface area contributed by atoms with Crippen LogP contribution < -0.4 is 5.32 Å². The smallest absolute Gasteiger partial charge is 0.338 e. The third kappa shape index (κ3) is 4.98. The summed E-state index contributed by atoms with van der Waals surface area (Å²) in [5.41, 5.74) is 1.65. The average molecular weight is 366 g/mol. The number of ether oxygens (including phenoxy) is 1. The van der Waals surface area contributed by atoms with Gasteiger partial charge in [-0.05, 0) is 35.9 Å². The van der Waals surface area contributed by atoms with Crippen molar-refractivity contribution in [2.24, 2.45) is 5.92 Å². The second-order valence-electron chi connectivity index (χ2n) is 5.55. The minimum absolute atomic E-state index is 0.0816. The Morgan fingerprint density at radius 2 is 1.83 bits per heavy atom. The van der Waals surface area contributed by atoms with Crippen LogP contribution in [0.3, 0.4) is 0 Å². The number of anilines is 1. The molecule has 0 saturated carbocycles. The summed E-state index contributed by atoms with van der Waals surface area (Å²) in [6, 6.07) is 11.6. The quantitative estimate of drug-likeness (QED) is 0.763. The third-order valence-electron chi connectivity index (χ3n) is 3.24. The predicted molar refractivity (Wildman–Crippen MR) is 95.5 cm³/mol. The van der Waals surface area contributed by atoms with E-state index in [0.29, 0.717) is 21.3 Å². The summed E-state index contributed by atoms with van der Waals surface area (Å²) in [7, 11) is 0. The molecular weight excluding hydrogens is 349 g/mol. The zero-order valence-electron chi connectivity index (χ0n) is 13.3. The lowest BCUT2D eigenvalue weighted by atomic mass is 10.1. The minimum atomic E-state index is -0.485. The van der Waals surface area contributed by atoms with Crippen LogP contribution in [0.1, 0.15) is 29.8 Å². The molecule has 24 heavy (non-hydrogen) atoms. The molecule has 0 bridgehead atoms. The van der Waals surface area contributed by atoms with Crippen molar-refractivity contribution in [2.45, 2.75) is 20.5 Å². The Morgan fingerprint density at radius 3 is 2.50 bits per heavy atom. The first-order valence-corrected chi connectivity index (χ1v) is 8.14. The van der Waals surface area contributed by atoms with E-state index >= 15 is 0 Å². The van der Waals surface area contributed by atoms with Crippen LogP contribution in [-0.2, 0) is 16.1 Å². The Morgan fingerprint density at radius 1 is 1.08 bits per heavy atom. The van der Waals surface area contributed by atoms with Crippen molar-refractivity contribution in [3.63, 3.8) is 0 Å². The second-order valence-corrected chi connectivity index (χ2v) is 6.36. The van der Waals surface area contributed by atoms with Crippen molar-refractivity contribution in [3.8, 4) is 0 Å². The number of carbonyl (C=O) groups excluding carboxylic acids is 2. The average Bonchev–Trinajstić information content (AvgIpc) is 2.55. The molecular formula is C18H17Cl2NO3. The Balaban J connectivity index is 2.01. The lowest BCUT2D eigenvalue weighted by Crippen LogP contribution is -2.18. The van der Waals surface area contributed by atoms with E-state index in [-0.39, 0.29) is 18.4 Å². The molecule has 126 valence electrons. The summed E-state index contributed by atoms with van der Waals surface area (Å²) in [5.74, 6) is -0.742. The van der Waals surface area contributed by atoms with E-state index in [1.165, 1.54) is 0 Å². The van der Waals surface area contributed by atoms with E-state index in [4.69, 9.17) is 27.9 Å². The Kier molecular flexibility index (Phi) is 6.23. The first-order chi connectivity index (χ1) is 11.4. The highest BCUT2D eigenvalue weighted by Gasteiger charge is 2.11. The van der Waals surface area contributed by atoms with Crippen molar-refractivity contribution in [1.29, 1.82) is 0 Å². The largest absolute Gasteiger partial charge is 0.457 e. The van der Waals surface area contributed by atoms with Crippen LogP contribution in [0.15, 0.2) is 42.5 Å². The number of carbonyl (C=O) groups is 2. The summed E-state index contributed by atoms with van der Waals surface area (Å²) < 4.78 is 5.26. The number of rotatable bonds is 5. The highest BCUT2D eigenvalue weighted by Crippen LogP contribution is 2.23. The van der Waals surface area contributed by atoms with Crippen molar-refractivity contribution in [2.75, 3.05) is 5.32 Å². The molecule has 0 atom stereocenters. The Labute approximate surface area is 150 Å². The summed E-state index contributed by atoms with van der Waals surface area (Å²) >= 11 is 11.8. The Bertz CT molecular complexity index is 760. The van der Waals surface area contributed by atoms with Gasteiger partial charge in [0.15, 0.2) is 0 Å². The maximum absolute atomic E-state index is 12.1. The van der Waals surface area contributed by atoms with Gasteiger partial charge in [-0.15, -0.1) is 0 Å². The third-order valence-corrected chi connectivity index (χ3v) is 3.98. The van der Waals surface area contributed by atoms with Gasteiger partial charge in [-0.3, -0.25) is 4.79 Å². The highest BCUT2D eigenvalue weighted by molar-refractivity contribution is 6.42. The molecule has 2 aromatic carbocycles. The van der Waals surface area contributed by atoms with Gasteiger partial charge in [0.1, 0.15) is 6.61 Å². The highest BCUT2D eigenvalue weighted by atomic mass is 35.5. The summed E-state index contributed by atoms with van der Waals surface area (Å²) in [6.07, 6.45) is 0. The fourth-order valence-electron chi connectivity index (χ4n) is 1.87. The molecule has 0 radical (unpaired) electrons. The van der Waals surface area contributed by atoms with Gasteiger partial charge in [-0.2, -0.15) is 0 Å². The van der Waals surface area contributed by atoms with Crippen LogP contribution in [0.25, 0.3) is 0 Å². The maximum Gasteiger partial charge on any atom is 0.338 e. The van der Waals surface area contributed by atoms with E-state index in [1.807, 2.05) is 0 Å². The van der Waals surface area contributed by atoms with E-state index in [9.17, 15) is 9.59 Å². The van der Waals surface area contributed by atoms with Crippen LogP contribution in [0.4, 0.5) is 5.69 Å². The lowest BCUT2D eigenvalue weighted by molar-refractivity contribution is -0.118. The predicted octanol–water partition coefficient (Wildman–Crippen LogP) is 4.94. The molecule has 2 aromatic rings. The normalized spacial score (nSPS) is 10.5. The maximum atomic E-state index is 12.1. The van der Waals surface area contributed by atoms with Gasteiger partial charge in [0.05, 0.1) is 15.6 Å². The number of hydrogen-bond acceptors (Lipinski definition) is 3. The van der Waals surface area contributed by atoms with Gasteiger partial charge in [0.2, 0.25) is 5.91 Å². The van der Waals surface area contributed by atoms with Crippen molar-refractivity contribution in [1.82, 2.24) is 0 Å². The van der Waals surface area contributed by atoms with Crippen molar-refractivity contribution >= 4 is 40.8 Å². The first-order valence-electron chi connectivity index (χ1n) is 7.39. The molecule has 1 N–H and O–H groups in total. The zero-order chi connectivity index (χ0) is 17.7. The van der Waals surface area contributed by atoms with Gasteiger partial charge in [0.25, 0.3) is 0 Å². The number of benzene rings is 2. The van der Waals surface area contributed by atoms with Crippen molar-refractivity contribution < 1.29 is 14.3 Å². The molecule has 1 amide bonds. The topological polar surface area (TPSA) is 55.4 Å². The van der Waals surface area contributed by atoms with Gasteiger partial charge < -0.3 is 10.1 Å². The molecule has 2 rings (SSSR count). The molecule has 0 aliphatic rings. The van der Waals surface area contributed by atoms with Gasteiger partial charge in [0, 0.05) is 11.6 Å². The van der Waals surface area contributed by atoms with Crippen LogP contribution >= 0.6 is 23.2 Å². The first kappa shape index (κ1) is 18.3. The number of nitrogens with one attached hydrogen (secondary N) is 1. The molecule has 0 unspecified atom stereocenters. The van der Waals surface area contributed by atoms with E-state index in [1.54, 1.807) is 56.3 Å². The molecule has 0 aliphatic heterocycles. The Hall–Kier alpha value is -2.04. The number of hydrogen-bond donors (Lipinski definition) is 1. The number of esters is 1. The van der Waals surface area contributed by atoms with E-state index in [0.717, 1.165) is 5.56 Å². The summed E-state index contributed by atoms with van der Waals surface area (Å²) in [6.45, 7) is 3.67. The van der Waals surface area contributed by atoms with Crippen LogP contribution in [-0.4, -0.2) is 11.9 Å². The van der Waals surface area contributed by atoms with Crippen LogP contribution in [0.2, 0.25) is 10.0 Å². The zero-order valence-corrected chi connectivity index (χ0v) is 14.8. The van der Waals surface area contributed by atoms with Crippen molar-refractivity contribution in [3.05, 3.63) is 63.6 Å². The molecule has 4 nitrogen and oxygen atoms in total. The lowest BCUT2D eigenvalue weighted by Gasteiger charge is -2.10. The molecule has 0 aliphatic carbocycles. The molecule has 0 spiro atoms. The monoisotopic (exact) mass is 365 g/mol. The minimum Gasteiger partial charge on any atom is -0.457 e. The van der Waals surface area contributed by atoms with Gasteiger partial charge in [-0.1, -0.05) is 49.2 Å². The number of halogens is 2. The van der Waals surface area contributed by atoms with Crippen LogP contribution in [0, 0.1) is 5.92 Å². The SMILES string of the molecule is CC(C)C(=O)Nc1cccc(C(=O)OCc2ccc(Cl)c(Cl)c2)c1. The molecule has 6 heteroatoms. The van der Waals surface area contributed by atoms with Gasteiger partial charge in [-0.25, -0.2) is 4.79 Å². The van der Waals surface area contributed by atoms with Crippen LogP contribution in [0.5, 0.6) is 0 Å². The standard InChI is InChI=1S/C18H17Cl2NO3/c1-11(2)17(22)21-14-5-3-4-13(9-14)18(23)24-10-12-6-7-15(19)16(20)8-12/h3-9,11H,10H2,1-2H3,(H,21,22).